The van der Waals surface area contributed by atoms with Gasteiger partial charge in [-0.15, -0.1) is 10.2 Å². The summed E-state index contributed by atoms with van der Waals surface area (Å²) in [7, 11) is 0. The van der Waals surface area contributed by atoms with Crippen LogP contribution in [-0.2, 0) is 0 Å². The van der Waals surface area contributed by atoms with Crippen molar-refractivity contribution in [3.05, 3.63) is 34.2 Å². The minimum atomic E-state index is -0.122. The lowest BCUT2D eigenvalue weighted by Gasteiger charge is -2.23. The van der Waals surface area contributed by atoms with E-state index in [0.717, 1.165) is 44.5 Å². The standard InChI is InChI=1S/C18H22N6O2/c25-15-9-14(11-5-7-19-8-6-11)24-16(21-15)13(10-20-24)18-23-22-17(26-18)12-3-1-2-4-12/h9-12,19H,1-8H2,(H,21,25). The highest BCUT2D eigenvalue weighted by Gasteiger charge is 2.25. The van der Waals surface area contributed by atoms with Gasteiger partial charge < -0.3 is 14.7 Å². The molecule has 2 fully saturated rings. The molecule has 1 aliphatic heterocycles. The number of piperidine rings is 1. The molecule has 4 heterocycles. The first-order chi connectivity index (χ1) is 12.8. The van der Waals surface area contributed by atoms with Crippen molar-refractivity contribution in [2.24, 2.45) is 0 Å². The third kappa shape index (κ3) is 2.65. The van der Waals surface area contributed by atoms with E-state index in [2.05, 4.69) is 25.6 Å². The lowest BCUT2D eigenvalue weighted by Crippen LogP contribution is -2.28. The topological polar surface area (TPSA) is 101 Å². The van der Waals surface area contributed by atoms with Crippen LogP contribution in [0.3, 0.4) is 0 Å². The van der Waals surface area contributed by atoms with Crippen molar-refractivity contribution in [2.75, 3.05) is 13.1 Å². The maximum atomic E-state index is 12.3. The Morgan fingerprint density at radius 2 is 1.88 bits per heavy atom. The van der Waals surface area contributed by atoms with Gasteiger partial charge in [-0.1, -0.05) is 12.8 Å². The Hall–Kier alpha value is -2.48. The van der Waals surface area contributed by atoms with Gasteiger partial charge in [-0.05, 0) is 38.8 Å². The van der Waals surface area contributed by atoms with Crippen LogP contribution in [0.2, 0.25) is 0 Å². The van der Waals surface area contributed by atoms with E-state index in [-0.39, 0.29) is 5.56 Å². The molecule has 2 N–H and O–H groups in total. The SMILES string of the molecule is O=c1cc(C2CCNCC2)n2ncc(-c3nnc(C4CCCC4)o3)c2[nH]1. The fourth-order valence-electron chi connectivity index (χ4n) is 4.26. The van der Waals surface area contributed by atoms with E-state index in [4.69, 9.17) is 4.42 Å². The second kappa shape index (κ2) is 6.35. The van der Waals surface area contributed by atoms with Gasteiger partial charge >= 0.3 is 0 Å². The van der Waals surface area contributed by atoms with Crippen molar-refractivity contribution < 1.29 is 4.42 Å². The van der Waals surface area contributed by atoms with E-state index in [1.165, 1.54) is 12.8 Å². The molecule has 0 radical (unpaired) electrons. The number of aromatic amines is 1. The highest BCUT2D eigenvalue weighted by atomic mass is 16.4. The molecule has 1 aliphatic carbocycles. The van der Waals surface area contributed by atoms with Gasteiger partial charge in [0.2, 0.25) is 5.89 Å². The number of hydrogen-bond donors (Lipinski definition) is 2. The summed E-state index contributed by atoms with van der Waals surface area (Å²) in [6.45, 7) is 1.92. The van der Waals surface area contributed by atoms with E-state index < -0.39 is 0 Å². The van der Waals surface area contributed by atoms with Crippen LogP contribution in [0.4, 0.5) is 0 Å². The Balaban J connectivity index is 1.57. The van der Waals surface area contributed by atoms with Crippen LogP contribution in [0, 0.1) is 0 Å². The molecule has 3 aromatic heterocycles. The number of nitrogens with one attached hydrogen (secondary N) is 2. The Kier molecular flexibility index (Phi) is 3.85. The van der Waals surface area contributed by atoms with E-state index in [1.807, 2.05) is 4.52 Å². The third-order valence-electron chi connectivity index (χ3n) is 5.67. The highest BCUT2D eigenvalue weighted by Crippen LogP contribution is 2.35. The number of fused-ring (bicyclic) bond motifs is 1. The van der Waals surface area contributed by atoms with Gasteiger partial charge in [0, 0.05) is 17.9 Å². The van der Waals surface area contributed by atoms with Crippen molar-refractivity contribution in [3.63, 3.8) is 0 Å². The van der Waals surface area contributed by atoms with Gasteiger partial charge in [-0.25, -0.2) is 4.52 Å². The van der Waals surface area contributed by atoms with Gasteiger partial charge in [-0.3, -0.25) is 4.79 Å². The van der Waals surface area contributed by atoms with Gasteiger partial charge in [0.15, 0.2) is 0 Å². The molecular weight excluding hydrogens is 332 g/mol. The maximum Gasteiger partial charge on any atom is 0.253 e. The molecule has 0 amide bonds. The zero-order valence-electron chi connectivity index (χ0n) is 14.6. The van der Waals surface area contributed by atoms with Crippen LogP contribution in [0.15, 0.2) is 21.5 Å². The molecule has 0 bridgehead atoms. The molecule has 0 unspecified atom stereocenters. The van der Waals surface area contributed by atoms with E-state index in [9.17, 15) is 4.79 Å². The van der Waals surface area contributed by atoms with E-state index in [0.29, 0.717) is 34.8 Å². The largest absolute Gasteiger partial charge is 0.420 e. The van der Waals surface area contributed by atoms with Crippen LogP contribution in [-0.4, -0.2) is 37.9 Å². The molecule has 8 heteroatoms. The van der Waals surface area contributed by atoms with E-state index >= 15 is 0 Å². The average molecular weight is 354 g/mol. The zero-order valence-corrected chi connectivity index (χ0v) is 14.6. The van der Waals surface area contributed by atoms with Crippen LogP contribution >= 0.6 is 0 Å². The number of nitrogens with zero attached hydrogens (tertiary/aromatic N) is 4. The first-order valence-corrected chi connectivity index (χ1v) is 9.45. The molecule has 2 aliphatic rings. The van der Waals surface area contributed by atoms with Crippen LogP contribution in [0.1, 0.15) is 61.9 Å². The van der Waals surface area contributed by atoms with Gasteiger partial charge in [0.25, 0.3) is 11.4 Å². The lowest BCUT2D eigenvalue weighted by molar-refractivity contribution is 0.446. The summed E-state index contributed by atoms with van der Waals surface area (Å²) in [5.74, 6) is 1.82. The predicted octanol–water partition coefficient (Wildman–Crippen LogP) is 2.20. The first kappa shape index (κ1) is 15.7. The molecule has 1 saturated heterocycles. The van der Waals surface area contributed by atoms with Crippen molar-refractivity contribution in [1.29, 1.82) is 0 Å². The Morgan fingerprint density at radius 3 is 2.69 bits per heavy atom. The molecule has 0 atom stereocenters. The maximum absolute atomic E-state index is 12.3. The third-order valence-corrected chi connectivity index (χ3v) is 5.67. The number of hydrogen-bond acceptors (Lipinski definition) is 6. The number of aromatic nitrogens is 5. The quantitative estimate of drug-likeness (QED) is 0.748. The summed E-state index contributed by atoms with van der Waals surface area (Å²) in [5.41, 5.74) is 2.15. The summed E-state index contributed by atoms with van der Waals surface area (Å²) in [6.07, 6.45) is 8.35. The fourth-order valence-corrected chi connectivity index (χ4v) is 4.26. The molecule has 26 heavy (non-hydrogen) atoms. The van der Waals surface area contributed by atoms with Crippen LogP contribution < -0.4 is 10.9 Å². The molecule has 5 rings (SSSR count). The van der Waals surface area contributed by atoms with Crippen molar-refractivity contribution >= 4 is 5.65 Å². The summed E-state index contributed by atoms with van der Waals surface area (Å²) >= 11 is 0. The summed E-state index contributed by atoms with van der Waals surface area (Å²) in [6, 6.07) is 1.66. The van der Waals surface area contributed by atoms with Gasteiger partial charge in [0.1, 0.15) is 11.2 Å². The minimum Gasteiger partial charge on any atom is -0.420 e. The summed E-state index contributed by atoms with van der Waals surface area (Å²) < 4.78 is 7.76. The molecule has 136 valence electrons. The Labute approximate surface area is 150 Å². The zero-order chi connectivity index (χ0) is 17.5. The molecule has 0 spiro atoms. The minimum absolute atomic E-state index is 0.122. The predicted molar refractivity (Wildman–Crippen MR) is 95.2 cm³/mol. The van der Waals surface area contributed by atoms with Gasteiger partial charge in [0.05, 0.1) is 11.9 Å². The molecule has 8 nitrogen and oxygen atoms in total. The summed E-state index contributed by atoms with van der Waals surface area (Å²) in [5, 5.41) is 16.3. The Morgan fingerprint density at radius 1 is 1.08 bits per heavy atom. The molecular formula is C18H22N6O2. The van der Waals surface area contributed by atoms with Gasteiger partial charge in [-0.2, -0.15) is 5.10 Å². The lowest BCUT2D eigenvalue weighted by atomic mass is 9.94. The molecule has 3 aromatic rings. The highest BCUT2D eigenvalue weighted by molar-refractivity contribution is 5.70. The number of rotatable bonds is 3. The summed E-state index contributed by atoms with van der Waals surface area (Å²) in [4.78, 5) is 15.2. The van der Waals surface area contributed by atoms with Crippen molar-refractivity contribution in [1.82, 2.24) is 30.1 Å². The second-order valence-corrected chi connectivity index (χ2v) is 7.33. The van der Waals surface area contributed by atoms with Crippen LogP contribution in [0.5, 0.6) is 0 Å². The average Bonchev–Trinajstić information content (AvgIpc) is 3.41. The van der Waals surface area contributed by atoms with Crippen LogP contribution in [0.25, 0.3) is 17.1 Å². The number of H-pyrrole nitrogens is 1. The monoisotopic (exact) mass is 354 g/mol. The van der Waals surface area contributed by atoms with Crippen molar-refractivity contribution in [2.45, 2.75) is 50.4 Å². The molecule has 1 saturated carbocycles. The smallest absolute Gasteiger partial charge is 0.253 e. The van der Waals surface area contributed by atoms with E-state index in [1.54, 1.807) is 12.3 Å². The first-order valence-electron chi connectivity index (χ1n) is 9.45. The molecule has 0 aromatic carbocycles. The Bertz CT molecular complexity index is 975. The van der Waals surface area contributed by atoms with Crippen molar-refractivity contribution in [3.8, 4) is 11.5 Å². The second-order valence-electron chi connectivity index (χ2n) is 7.33. The fraction of sp³-hybridized carbons (Fsp3) is 0.556. The normalized spacial score (nSPS) is 19.5.